The fraction of sp³-hybridized carbons (Fsp3) is 0.571. The highest BCUT2D eigenvalue weighted by molar-refractivity contribution is 5.43. The molecule has 2 N–H and O–H groups in total. The Morgan fingerprint density at radius 2 is 1.88 bits per heavy atom. The van der Waals surface area contributed by atoms with E-state index in [1.54, 1.807) is 7.11 Å². The van der Waals surface area contributed by atoms with Crippen molar-refractivity contribution >= 4 is 0 Å². The molecule has 0 saturated carbocycles. The minimum Gasteiger partial charge on any atom is -0.493 e. The first-order chi connectivity index (χ1) is 8.02. The predicted octanol–water partition coefficient (Wildman–Crippen LogP) is 2.76. The Morgan fingerprint density at radius 3 is 2.41 bits per heavy atom. The van der Waals surface area contributed by atoms with Crippen molar-refractivity contribution in [2.45, 2.75) is 45.8 Å². The minimum absolute atomic E-state index is 0.152. The van der Waals surface area contributed by atoms with Gasteiger partial charge in [0.2, 0.25) is 0 Å². The van der Waals surface area contributed by atoms with Gasteiger partial charge in [-0.3, -0.25) is 0 Å². The summed E-state index contributed by atoms with van der Waals surface area (Å²) in [6.07, 6.45) is 2.10. The number of hydrogen-bond acceptors (Lipinski definition) is 3. The molecule has 1 atom stereocenters. The molecule has 0 saturated heterocycles. The summed E-state index contributed by atoms with van der Waals surface area (Å²) in [6.45, 7) is 6.03. The third kappa shape index (κ3) is 4.65. The van der Waals surface area contributed by atoms with E-state index in [0.717, 1.165) is 24.3 Å². The van der Waals surface area contributed by atoms with Gasteiger partial charge in [0.15, 0.2) is 11.5 Å². The van der Waals surface area contributed by atoms with Crippen LogP contribution in [-0.4, -0.2) is 19.3 Å². The van der Waals surface area contributed by atoms with Crippen molar-refractivity contribution in [2.24, 2.45) is 5.73 Å². The van der Waals surface area contributed by atoms with Crippen LogP contribution in [0.1, 0.15) is 32.8 Å². The first-order valence-corrected chi connectivity index (χ1v) is 6.12. The lowest BCUT2D eigenvalue weighted by Crippen LogP contribution is -2.15. The quantitative estimate of drug-likeness (QED) is 0.827. The minimum atomic E-state index is 0.152. The molecule has 1 aromatic carbocycles. The molecular formula is C14H23NO2. The molecule has 0 spiro atoms. The molecule has 1 rings (SSSR count). The molecule has 0 aliphatic rings. The molecule has 1 aromatic rings. The van der Waals surface area contributed by atoms with Crippen LogP contribution in [0.25, 0.3) is 0 Å². The van der Waals surface area contributed by atoms with Gasteiger partial charge in [0.05, 0.1) is 13.2 Å². The van der Waals surface area contributed by atoms with Crippen molar-refractivity contribution in [3.8, 4) is 11.5 Å². The van der Waals surface area contributed by atoms with Crippen LogP contribution in [0.5, 0.6) is 11.5 Å². The summed E-state index contributed by atoms with van der Waals surface area (Å²) < 4.78 is 11.0. The third-order valence-corrected chi connectivity index (χ3v) is 2.48. The normalized spacial score (nSPS) is 12.6. The monoisotopic (exact) mass is 237 g/mol. The predicted molar refractivity (Wildman–Crippen MR) is 70.7 cm³/mol. The lowest BCUT2D eigenvalue weighted by Gasteiger charge is -2.14. The van der Waals surface area contributed by atoms with Crippen LogP contribution in [0.4, 0.5) is 0 Å². The standard InChI is InChI=1S/C14H23NO2/c1-10(2)17-13-8-7-12(6-5-11(3)15)9-14(13)16-4/h7-11H,5-6,15H2,1-4H3. The fourth-order valence-electron chi connectivity index (χ4n) is 1.61. The van der Waals surface area contributed by atoms with Crippen molar-refractivity contribution in [1.29, 1.82) is 0 Å². The first-order valence-electron chi connectivity index (χ1n) is 6.12. The number of benzene rings is 1. The summed E-state index contributed by atoms with van der Waals surface area (Å²) in [5.41, 5.74) is 6.98. The second-order valence-corrected chi connectivity index (χ2v) is 4.67. The van der Waals surface area contributed by atoms with Crippen LogP contribution in [0.2, 0.25) is 0 Å². The van der Waals surface area contributed by atoms with Crippen LogP contribution in [-0.2, 0) is 6.42 Å². The van der Waals surface area contributed by atoms with E-state index in [1.807, 2.05) is 32.9 Å². The first kappa shape index (κ1) is 13.8. The largest absolute Gasteiger partial charge is 0.493 e. The van der Waals surface area contributed by atoms with Crippen LogP contribution in [0.3, 0.4) is 0 Å². The molecule has 3 heteroatoms. The van der Waals surface area contributed by atoms with Crippen molar-refractivity contribution in [2.75, 3.05) is 7.11 Å². The number of hydrogen-bond donors (Lipinski definition) is 1. The summed E-state index contributed by atoms with van der Waals surface area (Å²) in [7, 11) is 1.66. The number of nitrogens with two attached hydrogens (primary N) is 1. The molecule has 17 heavy (non-hydrogen) atoms. The van der Waals surface area contributed by atoms with E-state index in [1.165, 1.54) is 5.56 Å². The Bertz CT molecular complexity index is 348. The maximum Gasteiger partial charge on any atom is 0.161 e. The molecular weight excluding hydrogens is 214 g/mol. The Hall–Kier alpha value is -1.22. The van der Waals surface area contributed by atoms with Crippen molar-refractivity contribution in [3.63, 3.8) is 0 Å². The average Bonchev–Trinajstić information content (AvgIpc) is 2.26. The van der Waals surface area contributed by atoms with Crippen LogP contribution in [0.15, 0.2) is 18.2 Å². The molecule has 0 bridgehead atoms. The van der Waals surface area contributed by atoms with E-state index >= 15 is 0 Å². The third-order valence-electron chi connectivity index (χ3n) is 2.48. The topological polar surface area (TPSA) is 44.5 Å². The number of methoxy groups -OCH3 is 1. The second kappa shape index (κ2) is 6.50. The number of rotatable bonds is 6. The van der Waals surface area contributed by atoms with E-state index in [0.29, 0.717) is 0 Å². The van der Waals surface area contributed by atoms with Crippen LogP contribution in [0, 0.1) is 0 Å². The summed E-state index contributed by atoms with van der Waals surface area (Å²) in [6, 6.07) is 6.30. The lowest BCUT2D eigenvalue weighted by molar-refractivity contribution is 0.230. The van der Waals surface area contributed by atoms with E-state index < -0.39 is 0 Å². The lowest BCUT2D eigenvalue weighted by atomic mass is 10.1. The maximum absolute atomic E-state index is 5.75. The van der Waals surface area contributed by atoms with Gasteiger partial charge in [-0.15, -0.1) is 0 Å². The summed E-state index contributed by atoms with van der Waals surface area (Å²) in [5.74, 6) is 1.59. The van der Waals surface area contributed by atoms with Gasteiger partial charge in [-0.1, -0.05) is 6.07 Å². The van der Waals surface area contributed by atoms with Gasteiger partial charge >= 0.3 is 0 Å². The van der Waals surface area contributed by atoms with Crippen molar-refractivity contribution in [1.82, 2.24) is 0 Å². The molecule has 0 fully saturated rings. The Labute approximate surface area is 104 Å². The highest BCUT2D eigenvalue weighted by atomic mass is 16.5. The fourth-order valence-corrected chi connectivity index (χ4v) is 1.61. The second-order valence-electron chi connectivity index (χ2n) is 4.67. The molecule has 0 aliphatic carbocycles. The van der Waals surface area contributed by atoms with Crippen LogP contribution >= 0.6 is 0 Å². The zero-order chi connectivity index (χ0) is 12.8. The molecule has 1 unspecified atom stereocenters. The molecule has 0 amide bonds. The smallest absolute Gasteiger partial charge is 0.161 e. The van der Waals surface area contributed by atoms with Gasteiger partial charge in [0, 0.05) is 6.04 Å². The van der Waals surface area contributed by atoms with Crippen LogP contribution < -0.4 is 15.2 Å². The van der Waals surface area contributed by atoms with Gasteiger partial charge < -0.3 is 15.2 Å². The summed E-state index contributed by atoms with van der Waals surface area (Å²) >= 11 is 0. The zero-order valence-electron chi connectivity index (χ0n) is 11.2. The molecule has 0 aromatic heterocycles. The molecule has 0 radical (unpaired) electrons. The highest BCUT2D eigenvalue weighted by Crippen LogP contribution is 2.29. The van der Waals surface area contributed by atoms with E-state index in [-0.39, 0.29) is 12.1 Å². The van der Waals surface area contributed by atoms with Gasteiger partial charge in [-0.25, -0.2) is 0 Å². The number of ether oxygens (including phenoxy) is 2. The number of aryl methyl sites for hydroxylation is 1. The van der Waals surface area contributed by atoms with Crippen molar-refractivity contribution < 1.29 is 9.47 Å². The zero-order valence-corrected chi connectivity index (χ0v) is 11.2. The summed E-state index contributed by atoms with van der Waals surface area (Å²) in [4.78, 5) is 0. The Balaban J connectivity index is 2.77. The Kier molecular flexibility index (Phi) is 5.29. The summed E-state index contributed by atoms with van der Waals surface area (Å²) in [5, 5.41) is 0. The van der Waals surface area contributed by atoms with Gasteiger partial charge in [0.25, 0.3) is 0 Å². The molecule has 0 heterocycles. The Morgan fingerprint density at radius 1 is 1.18 bits per heavy atom. The van der Waals surface area contributed by atoms with E-state index in [9.17, 15) is 0 Å². The van der Waals surface area contributed by atoms with E-state index in [4.69, 9.17) is 15.2 Å². The van der Waals surface area contributed by atoms with Gasteiger partial charge in [0.1, 0.15) is 0 Å². The van der Waals surface area contributed by atoms with Crippen molar-refractivity contribution in [3.05, 3.63) is 23.8 Å². The highest BCUT2D eigenvalue weighted by Gasteiger charge is 2.07. The molecule has 96 valence electrons. The van der Waals surface area contributed by atoms with E-state index in [2.05, 4.69) is 6.07 Å². The molecule has 0 aliphatic heterocycles. The maximum atomic E-state index is 5.75. The average molecular weight is 237 g/mol. The SMILES string of the molecule is COc1cc(CCC(C)N)ccc1OC(C)C. The molecule has 3 nitrogen and oxygen atoms in total. The van der Waals surface area contributed by atoms with Gasteiger partial charge in [-0.2, -0.15) is 0 Å². The van der Waals surface area contributed by atoms with Gasteiger partial charge in [-0.05, 0) is 51.3 Å².